The van der Waals surface area contributed by atoms with Crippen molar-refractivity contribution in [2.24, 2.45) is 5.92 Å². The zero-order valence-corrected chi connectivity index (χ0v) is 10.6. The van der Waals surface area contributed by atoms with Crippen LogP contribution in [-0.4, -0.2) is 25.8 Å². The van der Waals surface area contributed by atoms with Crippen LogP contribution in [-0.2, 0) is 9.47 Å². The fourth-order valence-corrected chi connectivity index (χ4v) is 2.06. The molecule has 0 amide bonds. The van der Waals surface area contributed by atoms with Gasteiger partial charge in [-0.25, -0.2) is 4.79 Å². The Bertz CT molecular complexity index is 425. The van der Waals surface area contributed by atoms with E-state index in [1.165, 1.54) is 0 Å². The van der Waals surface area contributed by atoms with Crippen LogP contribution in [0.5, 0.6) is 0 Å². The monoisotopic (exact) mass is 249 g/mol. The van der Waals surface area contributed by atoms with Crippen LogP contribution in [0.2, 0.25) is 0 Å². The summed E-state index contributed by atoms with van der Waals surface area (Å²) in [5, 5.41) is 0. The third kappa shape index (κ3) is 3.01. The van der Waals surface area contributed by atoms with Crippen LogP contribution in [0.25, 0.3) is 0 Å². The lowest BCUT2D eigenvalue weighted by atomic mass is 10.0. The minimum absolute atomic E-state index is 0.286. The van der Waals surface area contributed by atoms with E-state index in [0.717, 1.165) is 31.6 Å². The number of hydrogen-bond donors (Lipinski definition) is 1. The van der Waals surface area contributed by atoms with Crippen LogP contribution in [0.3, 0.4) is 0 Å². The minimum Gasteiger partial charge on any atom is -0.462 e. The molecule has 4 nitrogen and oxygen atoms in total. The van der Waals surface area contributed by atoms with Crippen LogP contribution >= 0.6 is 0 Å². The van der Waals surface area contributed by atoms with Crippen molar-refractivity contribution >= 4 is 11.7 Å². The number of ether oxygens (including phenoxy) is 2. The Hall–Kier alpha value is -1.55. The maximum atomic E-state index is 12.0. The molecule has 18 heavy (non-hydrogen) atoms. The zero-order chi connectivity index (χ0) is 13.0. The largest absolute Gasteiger partial charge is 0.462 e. The molecule has 0 atom stereocenters. The van der Waals surface area contributed by atoms with E-state index in [1.807, 2.05) is 6.92 Å². The maximum absolute atomic E-state index is 12.0. The fourth-order valence-electron chi connectivity index (χ4n) is 2.06. The van der Waals surface area contributed by atoms with Gasteiger partial charge in [-0.2, -0.15) is 0 Å². The standard InChI is InChI=1S/C14H19NO3/c1-10-12(3-2-4-13(10)15)14(16)18-9-11-5-7-17-8-6-11/h2-4,11H,5-9,15H2,1H3. The summed E-state index contributed by atoms with van der Waals surface area (Å²) in [6, 6.07) is 5.30. The van der Waals surface area contributed by atoms with Crippen molar-refractivity contribution in [1.29, 1.82) is 0 Å². The molecule has 0 radical (unpaired) electrons. The fraction of sp³-hybridized carbons (Fsp3) is 0.500. The molecular weight excluding hydrogens is 230 g/mol. The molecular formula is C14H19NO3. The Balaban J connectivity index is 1.93. The van der Waals surface area contributed by atoms with Crippen molar-refractivity contribution in [3.8, 4) is 0 Å². The predicted molar refractivity (Wildman–Crippen MR) is 69.4 cm³/mol. The Morgan fingerprint density at radius 2 is 2.17 bits per heavy atom. The van der Waals surface area contributed by atoms with Gasteiger partial charge in [0.05, 0.1) is 12.2 Å². The number of benzene rings is 1. The second kappa shape index (κ2) is 5.87. The number of nitrogen functional groups attached to an aromatic ring is 1. The summed E-state index contributed by atoms with van der Waals surface area (Å²) < 4.78 is 10.6. The van der Waals surface area contributed by atoms with Crippen LogP contribution in [0.1, 0.15) is 28.8 Å². The van der Waals surface area contributed by atoms with E-state index in [4.69, 9.17) is 15.2 Å². The number of nitrogens with two attached hydrogens (primary N) is 1. The molecule has 0 saturated carbocycles. The van der Waals surface area contributed by atoms with Gasteiger partial charge >= 0.3 is 5.97 Å². The van der Waals surface area contributed by atoms with Gasteiger partial charge in [0.2, 0.25) is 0 Å². The number of rotatable bonds is 3. The molecule has 2 rings (SSSR count). The van der Waals surface area contributed by atoms with Gasteiger partial charge in [-0.3, -0.25) is 0 Å². The topological polar surface area (TPSA) is 61.6 Å². The molecule has 1 aliphatic rings. The number of hydrogen-bond acceptors (Lipinski definition) is 4. The highest BCUT2D eigenvalue weighted by atomic mass is 16.5. The number of carbonyl (C=O) groups excluding carboxylic acids is 1. The summed E-state index contributed by atoms with van der Waals surface area (Å²) in [5.41, 5.74) is 7.74. The summed E-state index contributed by atoms with van der Waals surface area (Å²) in [7, 11) is 0. The molecule has 0 aromatic heterocycles. The Morgan fingerprint density at radius 3 is 2.89 bits per heavy atom. The van der Waals surface area contributed by atoms with E-state index in [1.54, 1.807) is 18.2 Å². The molecule has 1 aliphatic heterocycles. The molecule has 0 unspecified atom stereocenters. The maximum Gasteiger partial charge on any atom is 0.338 e. The Labute approximate surface area is 107 Å². The van der Waals surface area contributed by atoms with E-state index in [0.29, 0.717) is 23.8 Å². The van der Waals surface area contributed by atoms with E-state index in [2.05, 4.69) is 0 Å². The SMILES string of the molecule is Cc1c(N)cccc1C(=O)OCC1CCOCC1. The van der Waals surface area contributed by atoms with E-state index >= 15 is 0 Å². The van der Waals surface area contributed by atoms with Gasteiger partial charge in [0.15, 0.2) is 0 Å². The van der Waals surface area contributed by atoms with E-state index in [-0.39, 0.29) is 5.97 Å². The van der Waals surface area contributed by atoms with Gasteiger partial charge in [-0.05, 0) is 43.4 Å². The molecule has 2 N–H and O–H groups in total. The summed E-state index contributed by atoms with van der Waals surface area (Å²) in [6.07, 6.45) is 1.92. The molecule has 4 heteroatoms. The summed E-state index contributed by atoms with van der Waals surface area (Å²) in [5.74, 6) is 0.135. The Morgan fingerprint density at radius 1 is 1.44 bits per heavy atom. The highest BCUT2D eigenvalue weighted by molar-refractivity contribution is 5.92. The molecule has 1 saturated heterocycles. The molecule has 1 heterocycles. The average Bonchev–Trinajstić information content (AvgIpc) is 2.40. The van der Waals surface area contributed by atoms with Crippen molar-refractivity contribution in [2.45, 2.75) is 19.8 Å². The van der Waals surface area contributed by atoms with Gasteiger partial charge in [-0.1, -0.05) is 6.07 Å². The first kappa shape index (κ1) is 12.9. The first-order valence-corrected chi connectivity index (χ1v) is 6.28. The lowest BCUT2D eigenvalue weighted by Crippen LogP contribution is -2.22. The van der Waals surface area contributed by atoms with Gasteiger partial charge in [-0.15, -0.1) is 0 Å². The van der Waals surface area contributed by atoms with Gasteiger partial charge in [0.1, 0.15) is 0 Å². The van der Waals surface area contributed by atoms with Crippen LogP contribution in [0, 0.1) is 12.8 Å². The van der Waals surface area contributed by atoms with E-state index < -0.39 is 0 Å². The number of esters is 1. The number of anilines is 1. The van der Waals surface area contributed by atoms with Crippen LogP contribution < -0.4 is 5.73 Å². The summed E-state index contributed by atoms with van der Waals surface area (Å²) >= 11 is 0. The lowest BCUT2D eigenvalue weighted by molar-refractivity contribution is 0.0185. The van der Waals surface area contributed by atoms with E-state index in [9.17, 15) is 4.79 Å². The van der Waals surface area contributed by atoms with Crippen LogP contribution in [0.4, 0.5) is 5.69 Å². The highest BCUT2D eigenvalue weighted by Gasteiger charge is 2.17. The molecule has 0 bridgehead atoms. The third-order valence-corrected chi connectivity index (χ3v) is 3.39. The molecule has 1 aromatic rings. The summed E-state index contributed by atoms with van der Waals surface area (Å²) in [4.78, 5) is 12.0. The van der Waals surface area contributed by atoms with Gasteiger partial charge in [0.25, 0.3) is 0 Å². The lowest BCUT2D eigenvalue weighted by Gasteiger charge is -2.21. The predicted octanol–water partition coefficient (Wildman–Crippen LogP) is 2.16. The zero-order valence-electron chi connectivity index (χ0n) is 10.6. The van der Waals surface area contributed by atoms with Crippen molar-refractivity contribution < 1.29 is 14.3 Å². The molecule has 1 aromatic carbocycles. The van der Waals surface area contributed by atoms with Crippen LogP contribution in [0.15, 0.2) is 18.2 Å². The molecule has 0 spiro atoms. The van der Waals surface area contributed by atoms with Crippen molar-refractivity contribution in [3.05, 3.63) is 29.3 Å². The van der Waals surface area contributed by atoms with Gasteiger partial charge < -0.3 is 15.2 Å². The van der Waals surface area contributed by atoms with Crippen molar-refractivity contribution in [3.63, 3.8) is 0 Å². The molecule has 0 aliphatic carbocycles. The van der Waals surface area contributed by atoms with Crippen molar-refractivity contribution in [2.75, 3.05) is 25.6 Å². The third-order valence-electron chi connectivity index (χ3n) is 3.39. The number of carbonyl (C=O) groups is 1. The summed E-state index contributed by atoms with van der Waals surface area (Å²) in [6.45, 7) is 3.83. The minimum atomic E-state index is -0.286. The first-order valence-electron chi connectivity index (χ1n) is 6.28. The second-order valence-electron chi connectivity index (χ2n) is 4.67. The quantitative estimate of drug-likeness (QED) is 0.658. The van der Waals surface area contributed by atoms with Gasteiger partial charge in [0, 0.05) is 18.9 Å². The molecule has 98 valence electrons. The average molecular weight is 249 g/mol. The first-order chi connectivity index (χ1) is 8.68. The smallest absolute Gasteiger partial charge is 0.338 e. The second-order valence-corrected chi connectivity index (χ2v) is 4.67. The highest BCUT2D eigenvalue weighted by Crippen LogP contribution is 2.19. The normalized spacial score (nSPS) is 16.5. The van der Waals surface area contributed by atoms with Crippen molar-refractivity contribution in [1.82, 2.24) is 0 Å². The Kier molecular flexibility index (Phi) is 4.20. The molecule has 1 fully saturated rings.